The molecule has 20 heavy (non-hydrogen) atoms. The van der Waals surface area contributed by atoms with Crippen molar-refractivity contribution < 1.29 is 18.4 Å². The number of carbonyl (C=O) groups excluding carboxylic acids is 1. The van der Waals surface area contributed by atoms with E-state index in [4.69, 9.17) is 8.83 Å². The number of carbonyl (C=O) groups is 1. The molecule has 2 aromatic heterocycles. The van der Waals surface area contributed by atoms with Gasteiger partial charge in [-0.3, -0.25) is 5.32 Å². The van der Waals surface area contributed by atoms with E-state index in [9.17, 15) is 4.79 Å². The molecule has 0 amide bonds. The van der Waals surface area contributed by atoms with Crippen LogP contribution in [0.5, 0.6) is 0 Å². The van der Waals surface area contributed by atoms with Crippen LogP contribution in [0, 0.1) is 13.8 Å². The second-order valence-electron chi connectivity index (χ2n) is 4.55. The fourth-order valence-electron chi connectivity index (χ4n) is 1.75. The summed E-state index contributed by atoms with van der Waals surface area (Å²) in [6.07, 6.45) is 0. The summed E-state index contributed by atoms with van der Waals surface area (Å²) in [4.78, 5) is 15.6. The number of hydrogen-bond donors (Lipinski definition) is 1. The molecule has 0 aliphatic carbocycles. The SMILES string of the molecule is COC(=O)c1ccc(C(C)NCc2nc(C)c(C)o2)o1. The number of hydrogen-bond acceptors (Lipinski definition) is 6. The number of rotatable bonds is 5. The number of oxazole rings is 1. The molecule has 0 aliphatic rings. The second kappa shape index (κ2) is 5.92. The number of furan rings is 1. The number of aromatic nitrogens is 1. The smallest absolute Gasteiger partial charge is 0.373 e. The highest BCUT2D eigenvalue weighted by Crippen LogP contribution is 2.17. The fourth-order valence-corrected chi connectivity index (χ4v) is 1.75. The molecule has 1 unspecified atom stereocenters. The van der Waals surface area contributed by atoms with Crippen LogP contribution in [0.25, 0.3) is 0 Å². The second-order valence-corrected chi connectivity index (χ2v) is 4.55. The average Bonchev–Trinajstić information content (AvgIpc) is 3.03. The zero-order valence-corrected chi connectivity index (χ0v) is 12.0. The van der Waals surface area contributed by atoms with Crippen molar-refractivity contribution in [1.29, 1.82) is 0 Å². The Bertz CT molecular complexity index is 581. The lowest BCUT2D eigenvalue weighted by molar-refractivity contribution is 0.0562. The van der Waals surface area contributed by atoms with Crippen molar-refractivity contribution in [2.24, 2.45) is 0 Å². The lowest BCUT2D eigenvalue weighted by Crippen LogP contribution is -2.17. The van der Waals surface area contributed by atoms with E-state index in [0.29, 0.717) is 18.2 Å². The van der Waals surface area contributed by atoms with Crippen LogP contribution in [-0.2, 0) is 11.3 Å². The third kappa shape index (κ3) is 3.08. The zero-order chi connectivity index (χ0) is 14.7. The van der Waals surface area contributed by atoms with Gasteiger partial charge >= 0.3 is 5.97 Å². The highest BCUT2D eigenvalue weighted by Gasteiger charge is 2.16. The molecule has 6 nitrogen and oxygen atoms in total. The quantitative estimate of drug-likeness (QED) is 0.847. The van der Waals surface area contributed by atoms with Gasteiger partial charge in [0.05, 0.1) is 25.4 Å². The van der Waals surface area contributed by atoms with E-state index < -0.39 is 5.97 Å². The monoisotopic (exact) mass is 278 g/mol. The molecule has 0 spiro atoms. The maximum Gasteiger partial charge on any atom is 0.373 e. The van der Waals surface area contributed by atoms with Crippen molar-refractivity contribution in [3.63, 3.8) is 0 Å². The van der Waals surface area contributed by atoms with Gasteiger partial charge in [0.2, 0.25) is 11.7 Å². The third-order valence-electron chi connectivity index (χ3n) is 3.07. The van der Waals surface area contributed by atoms with E-state index in [1.807, 2.05) is 20.8 Å². The molecule has 1 atom stereocenters. The van der Waals surface area contributed by atoms with Gasteiger partial charge in [-0.2, -0.15) is 0 Å². The number of nitrogens with zero attached hydrogens (tertiary/aromatic N) is 1. The Hall–Kier alpha value is -2.08. The molecule has 2 heterocycles. The van der Waals surface area contributed by atoms with E-state index in [1.165, 1.54) is 7.11 Å². The van der Waals surface area contributed by atoms with Crippen LogP contribution in [0.4, 0.5) is 0 Å². The topological polar surface area (TPSA) is 77.5 Å². The molecule has 1 N–H and O–H groups in total. The number of ether oxygens (including phenoxy) is 1. The Morgan fingerprint density at radius 3 is 2.75 bits per heavy atom. The summed E-state index contributed by atoms with van der Waals surface area (Å²) >= 11 is 0. The normalized spacial score (nSPS) is 12.4. The van der Waals surface area contributed by atoms with Crippen LogP contribution < -0.4 is 5.32 Å². The maximum atomic E-state index is 11.3. The van der Waals surface area contributed by atoms with Crippen LogP contribution in [0.2, 0.25) is 0 Å². The summed E-state index contributed by atoms with van der Waals surface area (Å²) < 4.78 is 15.5. The summed E-state index contributed by atoms with van der Waals surface area (Å²) in [7, 11) is 1.32. The molecule has 0 radical (unpaired) electrons. The summed E-state index contributed by atoms with van der Waals surface area (Å²) in [5.41, 5.74) is 0.889. The van der Waals surface area contributed by atoms with E-state index in [0.717, 1.165) is 11.5 Å². The van der Waals surface area contributed by atoms with Crippen LogP contribution in [0.3, 0.4) is 0 Å². The molecule has 0 saturated carbocycles. The Morgan fingerprint density at radius 2 is 2.15 bits per heavy atom. The molecule has 2 rings (SSSR count). The minimum atomic E-state index is -0.484. The zero-order valence-electron chi connectivity index (χ0n) is 12.0. The van der Waals surface area contributed by atoms with Gasteiger partial charge < -0.3 is 13.6 Å². The van der Waals surface area contributed by atoms with Gasteiger partial charge in [-0.05, 0) is 32.9 Å². The molecule has 6 heteroatoms. The molecular formula is C14H18N2O4. The molecule has 108 valence electrons. The Labute approximate surface area is 117 Å². The van der Waals surface area contributed by atoms with Crippen molar-refractivity contribution in [1.82, 2.24) is 10.3 Å². The minimum Gasteiger partial charge on any atom is -0.463 e. The van der Waals surface area contributed by atoms with Crippen LogP contribution in [-0.4, -0.2) is 18.1 Å². The van der Waals surface area contributed by atoms with Crippen molar-refractivity contribution >= 4 is 5.97 Å². The van der Waals surface area contributed by atoms with E-state index in [1.54, 1.807) is 12.1 Å². The number of esters is 1. The molecule has 0 bridgehead atoms. The standard InChI is InChI=1S/C14H18N2O4/c1-8-10(3)19-13(16-8)7-15-9(2)11-5-6-12(20-11)14(17)18-4/h5-6,9,15H,7H2,1-4H3. The molecule has 0 fully saturated rings. The number of nitrogens with one attached hydrogen (secondary N) is 1. The molecule has 0 saturated heterocycles. The first-order valence-corrected chi connectivity index (χ1v) is 6.35. The van der Waals surface area contributed by atoms with Gasteiger partial charge in [0.25, 0.3) is 0 Å². The van der Waals surface area contributed by atoms with E-state index in [2.05, 4.69) is 15.0 Å². The Balaban J connectivity index is 1.96. The summed E-state index contributed by atoms with van der Waals surface area (Å²) in [6, 6.07) is 3.27. The van der Waals surface area contributed by atoms with Gasteiger partial charge in [-0.25, -0.2) is 9.78 Å². The molecule has 0 aliphatic heterocycles. The predicted octanol–water partition coefficient (Wildman–Crippen LogP) is 2.52. The lowest BCUT2D eigenvalue weighted by Gasteiger charge is -2.09. The minimum absolute atomic E-state index is 0.0686. The van der Waals surface area contributed by atoms with Gasteiger partial charge in [0.1, 0.15) is 11.5 Å². The molecule has 2 aromatic rings. The van der Waals surface area contributed by atoms with Crippen LogP contribution in [0.1, 0.15) is 46.6 Å². The number of methoxy groups -OCH3 is 1. The van der Waals surface area contributed by atoms with Crippen molar-refractivity contribution in [3.05, 3.63) is 41.0 Å². The van der Waals surface area contributed by atoms with Crippen LogP contribution >= 0.6 is 0 Å². The first-order chi connectivity index (χ1) is 9.51. The predicted molar refractivity (Wildman–Crippen MR) is 71.3 cm³/mol. The lowest BCUT2D eigenvalue weighted by atomic mass is 10.2. The first-order valence-electron chi connectivity index (χ1n) is 6.35. The Morgan fingerprint density at radius 1 is 1.40 bits per heavy atom. The highest BCUT2D eigenvalue weighted by atomic mass is 16.5. The average molecular weight is 278 g/mol. The van der Waals surface area contributed by atoms with Gasteiger partial charge in [-0.15, -0.1) is 0 Å². The first kappa shape index (κ1) is 14.3. The van der Waals surface area contributed by atoms with Crippen LogP contribution in [0.15, 0.2) is 21.0 Å². The summed E-state index contributed by atoms with van der Waals surface area (Å²) in [5.74, 6) is 1.82. The summed E-state index contributed by atoms with van der Waals surface area (Å²) in [6.45, 7) is 6.21. The maximum absolute atomic E-state index is 11.3. The van der Waals surface area contributed by atoms with Gasteiger partial charge in [0, 0.05) is 0 Å². The van der Waals surface area contributed by atoms with Gasteiger partial charge in [-0.1, -0.05) is 0 Å². The van der Waals surface area contributed by atoms with Crippen molar-refractivity contribution in [2.45, 2.75) is 33.4 Å². The van der Waals surface area contributed by atoms with Gasteiger partial charge in [0.15, 0.2) is 0 Å². The van der Waals surface area contributed by atoms with E-state index >= 15 is 0 Å². The Kier molecular flexibility index (Phi) is 4.24. The van der Waals surface area contributed by atoms with Crippen molar-refractivity contribution in [2.75, 3.05) is 7.11 Å². The van der Waals surface area contributed by atoms with E-state index in [-0.39, 0.29) is 11.8 Å². The largest absolute Gasteiger partial charge is 0.463 e. The third-order valence-corrected chi connectivity index (χ3v) is 3.07. The highest BCUT2D eigenvalue weighted by molar-refractivity contribution is 5.86. The fraction of sp³-hybridized carbons (Fsp3) is 0.429. The molecular weight excluding hydrogens is 260 g/mol. The summed E-state index contributed by atoms with van der Waals surface area (Å²) in [5, 5.41) is 3.22. The van der Waals surface area contributed by atoms with Crippen molar-refractivity contribution in [3.8, 4) is 0 Å². The number of aryl methyl sites for hydroxylation is 2. The molecule has 0 aromatic carbocycles.